The first-order valence-electron chi connectivity index (χ1n) is 7.62. The third-order valence-electron chi connectivity index (χ3n) is 4.37. The molecular formula is C17H18BF2NO2S. The van der Waals surface area contributed by atoms with E-state index in [9.17, 15) is 8.78 Å². The van der Waals surface area contributed by atoms with Gasteiger partial charge < -0.3 is 9.31 Å². The second-order valence-electron chi connectivity index (χ2n) is 6.68. The summed E-state index contributed by atoms with van der Waals surface area (Å²) >= 11 is 1.37. The van der Waals surface area contributed by atoms with Crippen molar-refractivity contribution in [2.75, 3.05) is 0 Å². The highest BCUT2D eigenvalue weighted by atomic mass is 32.1. The van der Waals surface area contributed by atoms with Gasteiger partial charge >= 0.3 is 7.12 Å². The molecule has 0 unspecified atom stereocenters. The Bertz CT molecular complexity index is 755. The monoisotopic (exact) mass is 349 g/mol. The van der Waals surface area contributed by atoms with Crippen molar-refractivity contribution in [3.8, 4) is 10.6 Å². The molecule has 0 radical (unpaired) electrons. The van der Waals surface area contributed by atoms with Gasteiger partial charge in [-0.2, -0.15) is 0 Å². The number of rotatable bonds is 3. The quantitative estimate of drug-likeness (QED) is 0.740. The van der Waals surface area contributed by atoms with Crippen molar-refractivity contribution in [2.24, 2.45) is 0 Å². The van der Waals surface area contributed by atoms with Gasteiger partial charge in [0.15, 0.2) is 0 Å². The minimum atomic E-state index is -1.01. The largest absolute Gasteiger partial charge is 0.525 e. The lowest BCUT2D eigenvalue weighted by molar-refractivity contribution is 0.00578. The molecule has 0 atom stereocenters. The molecule has 7 heteroatoms. The Hall–Kier alpha value is -1.57. The Morgan fingerprint density at radius 3 is 2.38 bits per heavy atom. The Kier molecular flexibility index (Phi) is 4.36. The van der Waals surface area contributed by atoms with Gasteiger partial charge in [-0.15, -0.1) is 11.3 Å². The SMILES string of the molecule is CC1(C)OB(C(F)=Cc2ccc(-c3ccc(F)cn3)s2)OC1(C)C. The summed E-state index contributed by atoms with van der Waals surface area (Å²) in [5.74, 6) is -0.387. The van der Waals surface area contributed by atoms with E-state index in [1.807, 2.05) is 33.8 Å². The summed E-state index contributed by atoms with van der Waals surface area (Å²) in [6, 6.07) is 6.56. The molecule has 0 aromatic carbocycles. The summed E-state index contributed by atoms with van der Waals surface area (Å²) in [6.45, 7) is 7.51. The molecule has 24 heavy (non-hydrogen) atoms. The third-order valence-corrected chi connectivity index (χ3v) is 5.42. The maximum Gasteiger partial charge on any atom is 0.525 e. The molecule has 0 spiro atoms. The standard InChI is InChI=1S/C17H18BF2NO2S/c1-16(2)17(3,4)23-18(22-16)15(20)9-12-6-8-14(24-12)13-7-5-11(19)10-21-13/h5-10H,1-4H3. The molecule has 126 valence electrons. The summed E-state index contributed by atoms with van der Waals surface area (Å²) in [5.41, 5.74) is -0.991. The number of thiophene rings is 1. The molecule has 1 aliphatic rings. The van der Waals surface area contributed by atoms with Crippen LogP contribution in [0, 0.1) is 5.82 Å². The fourth-order valence-electron chi connectivity index (χ4n) is 2.25. The van der Waals surface area contributed by atoms with E-state index >= 15 is 0 Å². The van der Waals surface area contributed by atoms with Crippen LogP contribution in [-0.2, 0) is 9.31 Å². The van der Waals surface area contributed by atoms with Crippen molar-refractivity contribution in [1.82, 2.24) is 4.98 Å². The molecule has 3 heterocycles. The number of halogens is 2. The third kappa shape index (κ3) is 3.29. The normalized spacial score (nSPS) is 19.8. The molecule has 3 rings (SSSR count). The smallest absolute Gasteiger partial charge is 0.398 e. The topological polar surface area (TPSA) is 31.4 Å². The molecule has 0 aliphatic carbocycles. The Balaban J connectivity index is 1.79. The van der Waals surface area contributed by atoms with E-state index in [0.717, 1.165) is 11.1 Å². The average Bonchev–Trinajstić information content (AvgIpc) is 3.02. The number of hydrogen-bond acceptors (Lipinski definition) is 4. The molecule has 0 amide bonds. The molecule has 1 saturated heterocycles. The van der Waals surface area contributed by atoms with Crippen LogP contribution in [-0.4, -0.2) is 23.3 Å². The van der Waals surface area contributed by atoms with Crippen LogP contribution in [0.3, 0.4) is 0 Å². The van der Waals surface area contributed by atoms with E-state index in [1.54, 1.807) is 12.1 Å². The van der Waals surface area contributed by atoms with Gasteiger partial charge in [0.2, 0.25) is 0 Å². The first-order chi connectivity index (χ1) is 11.2. The molecule has 0 N–H and O–H groups in total. The highest BCUT2D eigenvalue weighted by molar-refractivity contribution is 7.16. The van der Waals surface area contributed by atoms with Crippen LogP contribution >= 0.6 is 11.3 Å². The second kappa shape index (κ2) is 6.06. The lowest BCUT2D eigenvalue weighted by Crippen LogP contribution is -2.41. The maximum atomic E-state index is 14.5. The fourth-order valence-corrected chi connectivity index (χ4v) is 3.17. The summed E-state index contributed by atoms with van der Waals surface area (Å²) in [6.07, 6.45) is 2.56. The van der Waals surface area contributed by atoms with E-state index in [0.29, 0.717) is 10.6 Å². The van der Waals surface area contributed by atoms with Crippen molar-refractivity contribution >= 4 is 24.5 Å². The van der Waals surface area contributed by atoms with E-state index in [1.165, 1.54) is 23.5 Å². The second-order valence-corrected chi connectivity index (χ2v) is 7.80. The van der Waals surface area contributed by atoms with Crippen LogP contribution in [0.1, 0.15) is 32.6 Å². The number of pyridine rings is 1. The highest BCUT2D eigenvalue weighted by Crippen LogP contribution is 2.39. The number of nitrogens with zero attached hydrogens (tertiary/aromatic N) is 1. The predicted molar refractivity (Wildman–Crippen MR) is 92.7 cm³/mol. The van der Waals surface area contributed by atoms with Gasteiger partial charge in [0.1, 0.15) is 11.5 Å². The first-order valence-corrected chi connectivity index (χ1v) is 8.44. The molecule has 3 nitrogen and oxygen atoms in total. The average molecular weight is 349 g/mol. The number of hydrogen-bond donors (Lipinski definition) is 0. The van der Waals surface area contributed by atoms with Gasteiger partial charge in [-0.3, -0.25) is 4.98 Å². The molecule has 2 aromatic rings. The Labute approximate surface area is 144 Å². The maximum absolute atomic E-state index is 14.5. The van der Waals surface area contributed by atoms with Crippen LogP contribution in [0.4, 0.5) is 8.78 Å². The molecule has 1 fully saturated rings. The molecule has 0 saturated carbocycles. The summed E-state index contributed by atoms with van der Waals surface area (Å²) in [5, 5.41) is 0. The van der Waals surface area contributed by atoms with Crippen molar-refractivity contribution in [1.29, 1.82) is 0 Å². The van der Waals surface area contributed by atoms with Crippen LogP contribution in [0.2, 0.25) is 0 Å². The zero-order chi connectivity index (χ0) is 17.5. The highest BCUT2D eigenvalue weighted by Gasteiger charge is 2.53. The molecule has 2 aromatic heterocycles. The van der Waals surface area contributed by atoms with Gasteiger partial charge in [0.25, 0.3) is 0 Å². The summed E-state index contributed by atoms with van der Waals surface area (Å²) in [7, 11) is -1.01. The van der Waals surface area contributed by atoms with Crippen LogP contribution in [0.5, 0.6) is 0 Å². The Morgan fingerprint density at radius 1 is 1.12 bits per heavy atom. The van der Waals surface area contributed by atoms with Gasteiger partial charge in [-0.05, 0) is 58.0 Å². The predicted octanol–water partition coefficient (Wildman–Crippen LogP) is 4.89. The molecule has 0 bridgehead atoms. The zero-order valence-corrected chi connectivity index (χ0v) is 14.8. The summed E-state index contributed by atoms with van der Waals surface area (Å²) in [4.78, 5) is 5.58. The van der Waals surface area contributed by atoms with Crippen LogP contribution in [0.25, 0.3) is 16.6 Å². The van der Waals surface area contributed by atoms with Crippen molar-refractivity contribution < 1.29 is 18.1 Å². The molecule has 1 aliphatic heterocycles. The van der Waals surface area contributed by atoms with Gasteiger partial charge in [0, 0.05) is 4.88 Å². The summed E-state index contributed by atoms with van der Waals surface area (Å²) < 4.78 is 38.8. The lowest BCUT2D eigenvalue weighted by Gasteiger charge is -2.32. The van der Waals surface area contributed by atoms with E-state index in [-0.39, 0.29) is 5.82 Å². The fraction of sp³-hybridized carbons (Fsp3) is 0.353. The Morgan fingerprint density at radius 2 is 1.79 bits per heavy atom. The van der Waals surface area contributed by atoms with Crippen molar-refractivity contribution in [3.63, 3.8) is 0 Å². The lowest BCUT2D eigenvalue weighted by atomic mass is 9.87. The van der Waals surface area contributed by atoms with Crippen LogP contribution in [0.15, 0.2) is 36.2 Å². The van der Waals surface area contributed by atoms with Gasteiger partial charge in [0.05, 0.1) is 28.0 Å². The van der Waals surface area contributed by atoms with E-state index in [4.69, 9.17) is 9.31 Å². The first kappa shape index (κ1) is 17.3. The minimum Gasteiger partial charge on any atom is -0.398 e. The zero-order valence-electron chi connectivity index (χ0n) is 14.0. The van der Waals surface area contributed by atoms with E-state index < -0.39 is 24.0 Å². The molecular weight excluding hydrogens is 331 g/mol. The van der Waals surface area contributed by atoms with E-state index in [2.05, 4.69) is 4.98 Å². The van der Waals surface area contributed by atoms with Crippen LogP contribution < -0.4 is 0 Å². The van der Waals surface area contributed by atoms with Gasteiger partial charge in [-0.25, -0.2) is 8.78 Å². The van der Waals surface area contributed by atoms with Gasteiger partial charge in [-0.1, -0.05) is 0 Å². The van der Waals surface area contributed by atoms with Crippen molar-refractivity contribution in [2.45, 2.75) is 38.9 Å². The minimum absolute atomic E-state index is 0.387. The van der Waals surface area contributed by atoms with Crippen molar-refractivity contribution in [3.05, 3.63) is 46.9 Å². The number of aromatic nitrogens is 1.